The number of nitrogens with zero attached hydrogens (tertiary/aromatic N) is 2. The summed E-state index contributed by atoms with van der Waals surface area (Å²) in [5.41, 5.74) is 4.00. The van der Waals surface area contributed by atoms with E-state index in [1.165, 1.54) is 37.0 Å². The van der Waals surface area contributed by atoms with Crippen molar-refractivity contribution in [2.75, 3.05) is 24.5 Å². The lowest BCUT2D eigenvalue weighted by atomic mass is 9.89. The van der Waals surface area contributed by atoms with Gasteiger partial charge >= 0.3 is 0 Å². The summed E-state index contributed by atoms with van der Waals surface area (Å²) in [5.74, 6) is -0.548. The van der Waals surface area contributed by atoms with Crippen molar-refractivity contribution < 1.29 is 24.2 Å². The number of imide groups is 1. The van der Waals surface area contributed by atoms with Gasteiger partial charge in [0.1, 0.15) is 0 Å². The molecule has 1 N–H and O–H groups in total. The van der Waals surface area contributed by atoms with E-state index in [-0.39, 0.29) is 36.5 Å². The average Bonchev–Trinajstić information content (AvgIpc) is 3.25. The molecule has 4 atom stereocenters. The Labute approximate surface area is 241 Å². The van der Waals surface area contributed by atoms with Gasteiger partial charge in [-0.05, 0) is 61.3 Å². The van der Waals surface area contributed by atoms with Crippen LogP contribution in [0.4, 0.5) is 5.69 Å². The SMILES string of the molecule is CC1C(CN2CCCCCCC2)OC(c2cccc(N3C(=O)c4ccccc4C3=O)c2)OC1c1ccc(CO)cc1. The fraction of sp³-hybridized carbons (Fsp3) is 0.412. The number of hydrogen-bond donors (Lipinski definition) is 1. The minimum Gasteiger partial charge on any atom is -0.392 e. The van der Waals surface area contributed by atoms with Gasteiger partial charge in [0.25, 0.3) is 11.8 Å². The zero-order valence-corrected chi connectivity index (χ0v) is 23.6. The molecule has 0 radical (unpaired) electrons. The molecule has 0 spiro atoms. The van der Waals surface area contributed by atoms with Gasteiger partial charge in [-0.2, -0.15) is 0 Å². The lowest BCUT2D eigenvalue weighted by molar-refractivity contribution is -0.276. The first kappa shape index (κ1) is 27.8. The number of hydrogen-bond acceptors (Lipinski definition) is 6. The molecule has 0 saturated carbocycles. The number of fused-ring (bicyclic) bond motifs is 1. The van der Waals surface area contributed by atoms with Crippen LogP contribution < -0.4 is 4.90 Å². The van der Waals surface area contributed by atoms with E-state index in [0.717, 1.165) is 36.3 Å². The molecule has 4 unspecified atom stereocenters. The van der Waals surface area contributed by atoms with Crippen LogP contribution in [0.2, 0.25) is 0 Å². The minimum absolute atomic E-state index is 0.00468. The highest BCUT2D eigenvalue weighted by Gasteiger charge is 2.40. The Morgan fingerprint density at radius 1 is 0.780 bits per heavy atom. The molecule has 0 aliphatic carbocycles. The Kier molecular flexibility index (Phi) is 8.30. The Bertz CT molecular complexity index is 1350. The second-order valence-corrected chi connectivity index (χ2v) is 11.5. The highest BCUT2D eigenvalue weighted by atomic mass is 16.7. The molecule has 0 bridgehead atoms. The van der Waals surface area contributed by atoms with Gasteiger partial charge in [0.15, 0.2) is 6.29 Å². The van der Waals surface area contributed by atoms with Crippen LogP contribution >= 0.6 is 0 Å². The molecule has 3 aromatic rings. The lowest BCUT2D eigenvalue weighted by Crippen LogP contribution is -2.45. The number of benzene rings is 3. The van der Waals surface area contributed by atoms with Gasteiger partial charge in [0, 0.05) is 18.0 Å². The Morgan fingerprint density at radius 2 is 1.44 bits per heavy atom. The molecule has 7 heteroatoms. The summed E-state index contributed by atoms with van der Waals surface area (Å²) in [4.78, 5) is 30.1. The van der Waals surface area contributed by atoms with Crippen molar-refractivity contribution in [3.63, 3.8) is 0 Å². The van der Waals surface area contributed by atoms with E-state index in [1.807, 2.05) is 42.5 Å². The maximum atomic E-state index is 13.2. The van der Waals surface area contributed by atoms with Gasteiger partial charge in [-0.25, -0.2) is 4.90 Å². The van der Waals surface area contributed by atoms with Gasteiger partial charge < -0.3 is 19.5 Å². The van der Waals surface area contributed by atoms with Crippen LogP contribution in [0.1, 0.15) is 88.8 Å². The van der Waals surface area contributed by atoms with Gasteiger partial charge in [0.2, 0.25) is 0 Å². The fourth-order valence-corrected chi connectivity index (χ4v) is 6.31. The topological polar surface area (TPSA) is 79.3 Å². The maximum Gasteiger partial charge on any atom is 0.266 e. The quantitative estimate of drug-likeness (QED) is 0.375. The van der Waals surface area contributed by atoms with Crippen LogP contribution in [0.3, 0.4) is 0 Å². The molecule has 2 amide bonds. The van der Waals surface area contributed by atoms with E-state index in [9.17, 15) is 14.7 Å². The number of rotatable bonds is 6. The molecule has 0 aromatic heterocycles. The standard InChI is InChI=1S/C34H38N2O5/c1-23-30(21-35-18-7-3-2-4-8-19-35)40-34(41-31(23)25-16-14-24(22-37)15-17-25)26-10-9-11-27(20-26)36-32(38)28-12-5-6-13-29(28)33(36)39/h5-6,9-17,20,23,30-31,34,37H,2-4,7-8,18-19,21-22H2,1H3. The predicted molar refractivity (Wildman–Crippen MR) is 157 cm³/mol. The number of anilines is 1. The van der Waals surface area contributed by atoms with Crippen molar-refractivity contribution in [3.8, 4) is 0 Å². The van der Waals surface area contributed by atoms with E-state index in [0.29, 0.717) is 16.8 Å². The van der Waals surface area contributed by atoms with E-state index in [2.05, 4.69) is 11.8 Å². The summed E-state index contributed by atoms with van der Waals surface area (Å²) in [6, 6.07) is 22.2. The number of ether oxygens (including phenoxy) is 2. The summed E-state index contributed by atoms with van der Waals surface area (Å²) in [6.45, 7) is 5.15. The van der Waals surface area contributed by atoms with E-state index >= 15 is 0 Å². The van der Waals surface area contributed by atoms with Gasteiger partial charge in [0.05, 0.1) is 35.6 Å². The van der Waals surface area contributed by atoms with Gasteiger partial charge in [-0.15, -0.1) is 0 Å². The van der Waals surface area contributed by atoms with Crippen LogP contribution in [0.5, 0.6) is 0 Å². The normalized spacial score (nSPS) is 25.6. The molecule has 3 heterocycles. The third-order valence-electron chi connectivity index (χ3n) is 8.70. The molecule has 6 rings (SSSR count). The summed E-state index contributed by atoms with van der Waals surface area (Å²) in [7, 11) is 0. The molecule has 3 aromatic carbocycles. The van der Waals surface area contributed by atoms with Crippen LogP contribution in [-0.2, 0) is 16.1 Å². The first-order valence-corrected chi connectivity index (χ1v) is 14.8. The largest absolute Gasteiger partial charge is 0.392 e. The number of aliphatic hydroxyl groups excluding tert-OH is 1. The van der Waals surface area contributed by atoms with E-state index < -0.39 is 6.29 Å². The molecule has 3 aliphatic rings. The zero-order valence-electron chi connectivity index (χ0n) is 23.6. The molecule has 7 nitrogen and oxygen atoms in total. The summed E-state index contributed by atoms with van der Waals surface area (Å²) in [5, 5.41) is 9.55. The highest BCUT2D eigenvalue weighted by molar-refractivity contribution is 6.34. The molecule has 41 heavy (non-hydrogen) atoms. The van der Waals surface area contributed by atoms with Crippen molar-refractivity contribution >= 4 is 17.5 Å². The number of carbonyl (C=O) groups excluding carboxylic acids is 2. The van der Waals surface area contributed by atoms with Crippen molar-refractivity contribution in [2.24, 2.45) is 5.92 Å². The first-order chi connectivity index (χ1) is 20.0. The van der Waals surface area contributed by atoms with Crippen molar-refractivity contribution in [2.45, 2.75) is 64.1 Å². The zero-order chi connectivity index (χ0) is 28.3. The van der Waals surface area contributed by atoms with Crippen molar-refractivity contribution in [3.05, 3.63) is 101 Å². The summed E-state index contributed by atoms with van der Waals surface area (Å²) < 4.78 is 13.3. The number of aliphatic hydroxyl groups is 1. The molecule has 214 valence electrons. The number of likely N-dealkylation sites (tertiary alicyclic amines) is 1. The smallest absolute Gasteiger partial charge is 0.266 e. The van der Waals surface area contributed by atoms with Crippen LogP contribution in [0, 0.1) is 5.92 Å². The molecular formula is C34H38N2O5. The molecule has 3 aliphatic heterocycles. The van der Waals surface area contributed by atoms with Crippen molar-refractivity contribution in [1.82, 2.24) is 4.90 Å². The third kappa shape index (κ3) is 5.72. The van der Waals surface area contributed by atoms with E-state index in [1.54, 1.807) is 30.3 Å². The Hall–Kier alpha value is -3.36. The third-order valence-corrected chi connectivity index (χ3v) is 8.70. The van der Waals surface area contributed by atoms with Crippen LogP contribution in [-0.4, -0.2) is 47.6 Å². The molecule has 2 fully saturated rings. The lowest BCUT2D eigenvalue weighted by Gasteiger charge is -2.43. The average molecular weight is 555 g/mol. The Morgan fingerprint density at radius 3 is 2.10 bits per heavy atom. The van der Waals surface area contributed by atoms with Crippen LogP contribution in [0.25, 0.3) is 0 Å². The highest BCUT2D eigenvalue weighted by Crippen LogP contribution is 2.43. The Balaban J connectivity index is 1.29. The van der Waals surface area contributed by atoms with Crippen LogP contribution in [0.15, 0.2) is 72.8 Å². The summed E-state index contributed by atoms with van der Waals surface area (Å²) in [6.07, 6.45) is 5.31. The maximum absolute atomic E-state index is 13.2. The van der Waals surface area contributed by atoms with Crippen molar-refractivity contribution in [1.29, 1.82) is 0 Å². The monoisotopic (exact) mass is 554 g/mol. The fourth-order valence-electron chi connectivity index (χ4n) is 6.31. The second-order valence-electron chi connectivity index (χ2n) is 11.5. The van der Waals surface area contributed by atoms with Gasteiger partial charge in [-0.1, -0.05) is 74.7 Å². The molecule has 2 saturated heterocycles. The molecular weight excluding hydrogens is 516 g/mol. The predicted octanol–water partition coefficient (Wildman–Crippen LogP) is 6.04. The number of carbonyl (C=O) groups is 2. The van der Waals surface area contributed by atoms with E-state index in [4.69, 9.17) is 9.47 Å². The van der Waals surface area contributed by atoms with Gasteiger partial charge in [-0.3, -0.25) is 9.59 Å². The minimum atomic E-state index is -0.663. The second kappa shape index (κ2) is 12.2. The first-order valence-electron chi connectivity index (χ1n) is 14.8. The summed E-state index contributed by atoms with van der Waals surface area (Å²) >= 11 is 0. The number of amides is 2.